The van der Waals surface area contributed by atoms with Gasteiger partial charge in [-0.05, 0) is 43.2 Å². The number of amides is 1. The van der Waals surface area contributed by atoms with Crippen molar-refractivity contribution in [3.63, 3.8) is 0 Å². The monoisotopic (exact) mass is 542 g/mol. The summed E-state index contributed by atoms with van der Waals surface area (Å²) in [5, 5.41) is 0.838. The summed E-state index contributed by atoms with van der Waals surface area (Å²) in [5.41, 5.74) is 0.712. The number of benzene rings is 1. The van der Waals surface area contributed by atoms with Crippen molar-refractivity contribution in [3.8, 4) is 17.4 Å². The van der Waals surface area contributed by atoms with E-state index < -0.39 is 15.9 Å². The predicted octanol–water partition coefficient (Wildman–Crippen LogP) is 4.47. The van der Waals surface area contributed by atoms with Crippen LogP contribution < -0.4 is 14.2 Å². The number of halogens is 1. The Bertz CT molecular complexity index is 1540. The van der Waals surface area contributed by atoms with Gasteiger partial charge in [-0.3, -0.25) is 4.79 Å². The minimum atomic E-state index is -4.29. The van der Waals surface area contributed by atoms with Crippen LogP contribution in [0.4, 0.5) is 0 Å². The molecule has 0 bridgehead atoms. The Morgan fingerprint density at radius 2 is 2.05 bits per heavy atom. The summed E-state index contributed by atoms with van der Waals surface area (Å²) in [6, 6.07) is 11.1. The van der Waals surface area contributed by atoms with Gasteiger partial charge in [0.1, 0.15) is 27.1 Å². The van der Waals surface area contributed by atoms with Crippen LogP contribution in [-0.2, 0) is 14.8 Å². The molecule has 1 saturated heterocycles. The minimum Gasteiger partial charge on any atom is -0.477 e. The van der Waals surface area contributed by atoms with Crippen molar-refractivity contribution < 1.29 is 27.4 Å². The first-order valence-corrected chi connectivity index (χ1v) is 13.4. The van der Waals surface area contributed by atoms with E-state index in [-0.39, 0.29) is 33.2 Å². The van der Waals surface area contributed by atoms with Crippen LogP contribution in [0.1, 0.15) is 29.6 Å². The van der Waals surface area contributed by atoms with Gasteiger partial charge in [0, 0.05) is 24.6 Å². The lowest BCUT2D eigenvalue weighted by molar-refractivity contribution is 0.0896. The summed E-state index contributed by atoms with van der Waals surface area (Å²) in [4.78, 5) is 23.9. The second-order valence-electron chi connectivity index (χ2n) is 8.35. The van der Waals surface area contributed by atoms with Crippen molar-refractivity contribution in [1.29, 1.82) is 0 Å². The zero-order valence-electron chi connectivity index (χ0n) is 19.5. The van der Waals surface area contributed by atoms with E-state index in [0.717, 1.165) is 31.0 Å². The Balaban J connectivity index is 1.27. The molecule has 1 aliphatic heterocycles. The molecule has 4 aromatic rings. The van der Waals surface area contributed by atoms with Crippen LogP contribution in [0.5, 0.6) is 17.4 Å². The van der Waals surface area contributed by atoms with E-state index in [1.165, 1.54) is 18.3 Å². The molecule has 12 heteroatoms. The van der Waals surface area contributed by atoms with E-state index in [1.807, 2.05) is 10.8 Å². The second kappa shape index (κ2) is 10.8. The molecule has 1 amide bonds. The number of para-hydroxylation sites is 1. The Labute approximate surface area is 218 Å². The fourth-order valence-corrected chi connectivity index (χ4v) is 5.12. The van der Waals surface area contributed by atoms with Gasteiger partial charge in [0.15, 0.2) is 0 Å². The molecule has 10 nitrogen and oxygen atoms in total. The summed E-state index contributed by atoms with van der Waals surface area (Å²) < 4.78 is 44.8. The minimum absolute atomic E-state index is 0.0130. The van der Waals surface area contributed by atoms with Gasteiger partial charge < -0.3 is 19.2 Å². The zero-order chi connectivity index (χ0) is 25.8. The highest BCUT2D eigenvalue weighted by atomic mass is 35.5. The largest absolute Gasteiger partial charge is 0.477 e. The number of aromatic nitrogens is 3. The Kier molecular flexibility index (Phi) is 7.26. The van der Waals surface area contributed by atoms with E-state index in [2.05, 4.69) is 15.0 Å². The fraction of sp³-hybridized carbons (Fsp3) is 0.240. The first-order valence-electron chi connectivity index (χ1n) is 11.6. The van der Waals surface area contributed by atoms with Crippen molar-refractivity contribution in [2.24, 2.45) is 0 Å². The highest BCUT2D eigenvalue weighted by molar-refractivity contribution is 7.90. The van der Waals surface area contributed by atoms with Gasteiger partial charge in [-0.15, -0.1) is 0 Å². The predicted molar refractivity (Wildman–Crippen MR) is 136 cm³/mol. The normalized spacial score (nSPS) is 15.5. The molecular weight excluding hydrogens is 520 g/mol. The summed E-state index contributed by atoms with van der Waals surface area (Å²) >= 11 is 6.21. The van der Waals surface area contributed by atoms with Gasteiger partial charge in [-0.2, -0.15) is 0 Å². The van der Waals surface area contributed by atoms with Crippen LogP contribution in [0, 0.1) is 0 Å². The lowest BCUT2D eigenvalue weighted by atomic mass is 10.2. The average molecular weight is 543 g/mol. The van der Waals surface area contributed by atoms with E-state index in [1.54, 1.807) is 30.5 Å². The highest BCUT2D eigenvalue weighted by Crippen LogP contribution is 2.28. The quantitative estimate of drug-likeness (QED) is 0.316. The number of nitrogens with one attached hydrogen (secondary N) is 2. The van der Waals surface area contributed by atoms with Gasteiger partial charge in [-0.25, -0.2) is 23.1 Å². The molecule has 3 aromatic heterocycles. The molecule has 2 N–H and O–H groups in total. The van der Waals surface area contributed by atoms with Crippen molar-refractivity contribution in [2.45, 2.75) is 30.3 Å². The number of nitrogens with zero attached hydrogens (tertiary/aromatic N) is 2. The third-order valence-electron chi connectivity index (χ3n) is 5.76. The van der Waals surface area contributed by atoms with Gasteiger partial charge in [-0.1, -0.05) is 23.7 Å². The topological polar surface area (TPSA) is 132 Å². The number of hydrogen-bond donors (Lipinski definition) is 2. The number of aromatic amines is 1. The van der Waals surface area contributed by atoms with E-state index in [9.17, 15) is 13.2 Å². The van der Waals surface area contributed by atoms with Gasteiger partial charge in [0.05, 0.1) is 30.7 Å². The fourth-order valence-electron chi connectivity index (χ4n) is 3.90. The van der Waals surface area contributed by atoms with Crippen LogP contribution in [0.2, 0.25) is 5.02 Å². The van der Waals surface area contributed by atoms with Crippen LogP contribution in [0.15, 0.2) is 66.0 Å². The molecule has 1 fully saturated rings. The molecular formula is C25H23ClN4O6S. The number of rotatable bonds is 9. The Hall–Kier alpha value is -3.67. The molecule has 0 spiro atoms. The molecule has 0 radical (unpaired) electrons. The molecule has 4 heterocycles. The third-order valence-corrected chi connectivity index (χ3v) is 7.33. The molecule has 1 unspecified atom stereocenters. The Morgan fingerprint density at radius 3 is 2.86 bits per heavy atom. The van der Waals surface area contributed by atoms with Crippen molar-refractivity contribution >= 4 is 38.6 Å². The summed E-state index contributed by atoms with van der Waals surface area (Å²) in [7, 11) is -4.29. The number of fused-ring (bicyclic) bond motifs is 1. The summed E-state index contributed by atoms with van der Waals surface area (Å²) in [6.07, 6.45) is 7.18. The molecule has 5 rings (SSSR count). The third kappa shape index (κ3) is 5.85. The van der Waals surface area contributed by atoms with Crippen LogP contribution in [-0.4, -0.2) is 48.6 Å². The molecule has 1 aliphatic rings. The lowest BCUT2D eigenvalue weighted by Gasteiger charge is -2.13. The first-order chi connectivity index (χ1) is 17.9. The molecule has 0 saturated carbocycles. The van der Waals surface area contributed by atoms with Crippen molar-refractivity contribution in [3.05, 3.63) is 71.6 Å². The highest BCUT2D eigenvalue weighted by Gasteiger charge is 2.23. The first kappa shape index (κ1) is 25.0. The number of pyridine rings is 2. The number of hydrogen-bond acceptors (Lipinski definition) is 8. The van der Waals surface area contributed by atoms with Crippen LogP contribution >= 0.6 is 11.6 Å². The van der Waals surface area contributed by atoms with Gasteiger partial charge >= 0.3 is 0 Å². The van der Waals surface area contributed by atoms with E-state index >= 15 is 0 Å². The zero-order valence-corrected chi connectivity index (χ0v) is 21.1. The SMILES string of the molecule is O=C(NS(=O)(=O)c1cnc(OCCC2CCCO2)c(Cl)c1)c1ccccc1Oc1cnc2[nH]ccc2c1. The molecule has 192 valence electrons. The second-order valence-corrected chi connectivity index (χ2v) is 10.4. The average Bonchev–Trinajstić information content (AvgIpc) is 3.57. The number of sulfonamides is 1. The van der Waals surface area contributed by atoms with Crippen molar-refractivity contribution in [1.82, 2.24) is 19.7 Å². The molecule has 1 atom stereocenters. The standard InChI is InChI=1S/C25H23ClN4O6S/c26-21-13-19(15-29-25(21)35-11-8-17-4-3-10-34-17)37(32,33)30-24(31)20-5-1-2-6-22(20)36-18-12-16-7-9-27-23(16)28-14-18/h1-2,5-7,9,12-15,17H,3-4,8,10-11H2,(H,27,28)(H,30,31). The van der Waals surface area contributed by atoms with E-state index in [4.69, 9.17) is 25.8 Å². The van der Waals surface area contributed by atoms with Gasteiger partial charge in [0.2, 0.25) is 5.88 Å². The molecule has 37 heavy (non-hydrogen) atoms. The molecule has 0 aliphatic carbocycles. The maximum Gasteiger partial charge on any atom is 0.268 e. The smallest absolute Gasteiger partial charge is 0.268 e. The van der Waals surface area contributed by atoms with Crippen LogP contribution in [0.3, 0.4) is 0 Å². The van der Waals surface area contributed by atoms with Crippen LogP contribution in [0.25, 0.3) is 11.0 Å². The number of carbonyl (C=O) groups is 1. The maximum absolute atomic E-state index is 13.0. The maximum atomic E-state index is 13.0. The van der Waals surface area contributed by atoms with E-state index in [0.29, 0.717) is 24.4 Å². The molecule has 1 aromatic carbocycles. The summed E-state index contributed by atoms with van der Waals surface area (Å²) in [5.74, 6) is -0.213. The van der Waals surface area contributed by atoms with Crippen molar-refractivity contribution in [2.75, 3.05) is 13.2 Å². The number of carbonyl (C=O) groups excluding carboxylic acids is 1. The Morgan fingerprint density at radius 1 is 1.19 bits per heavy atom. The number of ether oxygens (including phenoxy) is 3. The van der Waals surface area contributed by atoms with Gasteiger partial charge in [0.25, 0.3) is 15.9 Å². The lowest BCUT2D eigenvalue weighted by Crippen LogP contribution is -2.31. The number of H-pyrrole nitrogens is 1. The summed E-state index contributed by atoms with van der Waals surface area (Å²) in [6.45, 7) is 1.09.